The van der Waals surface area contributed by atoms with E-state index in [4.69, 9.17) is 0 Å². The Hall–Kier alpha value is -2.73. The highest BCUT2D eigenvalue weighted by Crippen LogP contribution is 2.10. The SMILES string of the molecule is CCCCNC(=O)Nc1cccc(C#Cc2ccccc2)c1. The number of carbonyl (C=O) groups is 1. The van der Waals surface area contributed by atoms with Gasteiger partial charge in [0.25, 0.3) is 0 Å². The van der Waals surface area contributed by atoms with Crippen molar-refractivity contribution in [2.24, 2.45) is 0 Å². The van der Waals surface area contributed by atoms with Crippen molar-refractivity contribution < 1.29 is 4.79 Å². The number of hydrogen-bond donors (Lipinski definition) is 2. The van der Waals surface area contributed by atoms with Gasteiger partial charge in [-0.15, -0.1) is 0 Å². The number of benzene rings is 2. The van der Waals surface area contributed by atoms with Gasteiger partial charge in [0, 0.05) is 23.4 Å². The average Bonchev–Trinajstić information content (AvgIpc) is 2.54. The summed E-state index contributed by atoms with van der Waals surface area (Å²) >= 11 is 0. The molecule has 0 aliphatic carbocycles. The van der Waals surface area contributed by atoms with E-state index in [0.717, 1.165) is 29.7 Å². The summed E-state index contributed by atoms with van der Waals surface area (Å²) in [5.74, 6) is 6.21. The predicted molar refractivity (Wildman–Crippen MR) is 90.8 cm³/mol. The Morgan fingerprint density at radius 2 is 1.73 bits per heavy atom. The molecule has 0 heterocycles. The average molecular weight is 292 g/mol. The molecule has 112 valence electrons. The van der Waals surface area contributed by atoms with E-state index in [2.05, 4.69) is 29.4 Å². The Labute approximate surface area is 131 Å². The van der Waals surface area contributed by atoms with Crippen LogP contribution in [0.25, 0.3) is 0 Å². The highest BCUT2D eigenvalue weighted by Gasteiger charge is 2.00. The summed E-state index contributed by atoms with van der Waals surface area (Å²) in [6, 6.07) is 17.2. The molecule has 2 amide bonds. The quantitative estimate of drug-likeness (QED) is 0.649. The highest BCUT2D eigenvalue weighted by molar-refractivity contribution is 5.89. The summed E-state index contributed by atoms with van der Waals surface area (Å²) in [4.78, 5) is 11.7. The maximum absolute atomic E-state index is 11.7. The van der Waals surface area contributed by atoms with Crippen molar-refractivity contribution >= 4 is 11.7 Å². The van der Waals surface area contributed by atoms with Gasteiger partial charge in [0.15, 0.2) is 0 Å². The second-order valence-electron chi connectivity index (χ2n) is 4.93. The van der Waals surface area contributed by atoms with Gasteiger partial charge in [-0.3, -0.25) is 0 Å². The molecule has 3 heteroatoms. The Kier molecular flexibility index (Phi) is 6.07. The predicted octanol–water partition coefficient (Wildman–Crippen LogP) is 4.01. The lowest BCUT2D eigenvalue weighted by Gasteiger charge is -2.07. The summed E-state index contributed by atoms with van der Waals surface area (Å²) in [7, 11) is 0. The fraction of sp³-hybridized carbons (Fsp3) is 0.211. The number of carbonyl (C=O) groups excluding carboxylic acids is 1. The van der Waals surface area contributed by atoms with Gasteiger partial charge >= 0.3 is 6.03 Å². The third kappa shape index (κ3) is 5.34. The topological polar surface area (TPSA) is 41.1 Å². The van der Waals surface area contributed by atoms with E-state index in [1.807, 2.05) is 54.6 Å². The minimum Gasteiger partial charge on any atom is -0.338 e. The lowest BCUT2D eigenvalue weighted by molar-refractivity contribution is 0.252. The molecule has 0 aliphatic rings. The second kappa shape index (κ2) is 8.53. The van der Waals surface area contributed by atoms with Gasteiger partial charge < -0.3 is 10.6 Å². The van der Waals surface area contributed by atoms with Crippen LogP contribution in [0.5, 0.6) is 0 Å². The zero-order valence-corrected chi connectivity index (χ0v) is 12.7. The van der Waals surface area contributed by atoms with E-state index < -0.39 is 0 Å². The van der Waals surface area contributed by atoms with Crippen molar-refractivity contribution in [1.29, 1.82) is 0 Å². The van der Waals surface area contributed by atoms with Crippen LogP contribution in [0.3, 0.4) is 0 Å². The normalized spacial score (nSPS) is 9.50. The van der Waals surface area contributed by atoms with E-state index in [0.29, 0.717) is 6.54 Å². The molecule has 0 radical (unpaired) electrons. The van der Waals surface area contributed by atoms with Gasteiger partial charge in [-0.1, -0.05) is 49.5 Å². The molecular weight excluding hydrogens is 272 g/mol. The molecule has 22 heavy (non-hydrogen) atoms. The van der Waals surface area contributed by atoms with E-state index in [1.54, 1.807) is 0 Å². The van der Waals surface area contributed by atoms with Gasteiger partial charge in [0.2, 0.25) is 0 Å². The molecule has 3 nitrogen and oxygen atoms in total. The molecule has 0 unspecified atom stereocenters. The maximum atomic E-state index is 11.7. The van der Waals surface area contributed by atoms with Crippen LogP contribution >= 0.6 is 0 Å². The first-order valence-electron chi connectivity index (χ1n) is 7.50. The molecule has 2 aromatic rings. The number of rotatable bonds is 4. The summed E-state index contributed by atoms with van der Waals surface area (Å²) in [6.45, 7) is 2.78. The third-order valence-corrected chi connectivity index (χ3v) is 3.06. The van der Waals surface area contributed by atoms with Crippen LogP contribution in [0.2, 0.25) is 0 Å². The van der Waals surface area contributed by atoms with Crippen LogP contribution in [-0.2, 0) is 0 Å². The number of amides is 2. The minimum absolute atomic E-state index is 0.179. The van der Waals surface area contributed by atoms with Crippen LogP contribution in [0.4, 0.5) is 10.5 Å². The first-order valence-corrected chi connectivity index (χ1v) is 7.50. The molecule has 0 fully saturated rings. The molecule has 0 saturated heterocycles. The highest BCUT2D eigenvalue weighted by atomic mass is 16.2. The fourth-order valence-electron chi connectivity index (χ4n) is 1.89. The van der Waals surface area contributed by atoms with Crippen LogP contribution in [0.1, 0.15) is 30.9 Å². The molecule has 0 aliphatic heterocycles. The number of anilines is 1. The summed E-state index contributed by atoms with van der Waals surface area (Å²) < 4.78 is 0. The van der Waals surface area contributed by atoms with Crippen molar-refractivity contribution in [3.8, 4) is 11.8 Å². The minimum atomic E-state index is -0.179. The molecule has 0 saturated carbocycles. The standard InChI is InChI=1S/C19H20N2O/c1-2-3-14-20-19(22)21-18-11-7-10-17(15-18)13-12-16-8-5-4-6-9-16/h4-11,15H,2-3,14H2,1H3,(H2,20,21,22). The molecule has 2 rings (SSSR count). The largest absolute Gasteiger partial charge is 0.338 e. The first-order chi connectivity index (χ1) is 10.8. The van der Waals surface area contributed by atoms with Crippen molar-refractivity contribution in [2.75, 3.05) is 11.9 Å². The number of unbranched alkanes of at least 4 members (excludes halogenated alkanes) is 1. The molecule has 0 spiro atoms. The van der Waals surface area contributed by atoms with Gasteiger partial charge in [0.1, 0.15) is 0 Å². The molecular formula is C19H20N2O. The van der Waals surface area contributed by atoms with Crippen molar-refractivity contribution in [3.63, 3.8) is 0 Å². The number of urea groups is 1. The van der Waals surface area contributed by atoms with E-state index >= 15 is 0 Å². The maximum Gasteiger partial charge on any atom is 0.319 e. The molecule has 0 bridgehead atoms. The number of hydrogen-bond acceptors (Lipinski definition) is 1. The Morgan fingerprint density at radius 1 is 1.00 bits per heavy atom. The fourth-order valence-corrected chi connectivity index (χ4v) is 1.89. The van der Waals surface area contributed by atoms with Crippen molar-refractivity contribution in [1.82, 2.24) is 5.32 Å². The monoisotopic (exact) mass is 292 g/mol. The molecule has 2 aromatic carbocycles. The zero-order valence-electron chi connectivity index (χ0n) is 12.7. The first kappa shape index (κ1) is 15.7. The third-order valence-electron chi connectivity index (χ3n) is 3.06. The Bertz CT molecular complexity index is 669. The van der Waals surface area contributed by atoms with Gasteiger partial charge in [0.05, 0.1) is 0 Å². The summed E-state index contributed by atoms with van der Waals surface area (Å²) in [5, 5.41) is 5.64. The zero-order chi connectivity index (χ0) is 15.6. The molecule has 2 N–H and O–H groups in total. The van der Waals surface area contributed by atoms with E-state index in [1.165, 1.54) is 0 Å². The second-order valence-corrected chi connectivity index (χ2v) is 4.93. The summed E-state index contributed by atoms with van der Waals surface area (Å²) in [6.07, 6.45) is 2.04. The smallest absolute Gasteiger partial charge is 0.319 e. The van der Waals surface area contributed by atoms with Gasteiger partial charge in [-0.25, -0.2) is 4.79 Å². The van der Waals surface area contributed by atoms with Crippen molar-refractivity contribution in [3.05, 3.63) is 65.7 Å². The van der Waals surface area contributed by atoms with Crippen molar-refractivity contribution in [2.45, 2.75) is 19.8 Å². The van der Waals surface area contributed by atoms with E-state index in [9.17, 15) is 4.79 Å². The number of nitrogens with one attached hydrogen (secondary N) is 2. The molecule has 0 aromatic heterocycles. The van der Waals surface area contributed by atoms with Gasteiger partial charge in [-0.2, -0.15) is 0 Å². The Morgan fingerprint density at radius 3 is 2.50 bits per heavy atom. The Balaban J connectivity index is 1.98. The lowest BCUT2D eigenvalue weighted by atomic mass is 10.1. The van der Waals surface area contributed by atoms with Crippen LogP contribution < -0.4 is 10.6 Å². The van der Waals surface area contributed by atoms with Crippen LogP contribution in [-0.4, -0.2) is 12.6 Å². The van der Waals surface area contributed by atoms with Crippen LogP contribution in [0.15, 0.2) is 54.6 Å². The van der Waals surface area contributed by atoms with E-state index in [-0.39, 0.29) is 6.03 Å². The molecule has 0 atom stereocenters. The van der Waals surface area contributed by atoms with Gasteiger partial charge in [-0.05, 0) is 36.8 Å². The summed E-state index contributed by atoms with van der Waals surface area (Å²) in [5.41, 5.74) is 2.59. The lowest BCUT2D eigenvalue weighted by Crippen LogP contribution is -2.29. The van der Waals surface area contributed by atoms with Crippen LogP contribution in [0, 0.1) is 11.8 Å².